The van der Waals surface area contributed by atoms with E-state index in [0.717, 1.165) is 64.2 Å². The minimum absolute atomic E-state index is 0.0443. The Morgan fingerprint density at radius 2 is 0.984 bits per heavy atom. The largest absolute Gasteiger partial charge is 0.472 e. The first-order valence-corrected chi connectivity index (χ1v) is 27.8. The van der Waals surface area contributed by atoms with Crippen LogP contribution in [0.15, 0.2) is 48.6 Å². The Hall–Kier alpha value is -1.02. The van der Waals surface area contributed by atoms with Crippen LogP contribution in [0.2, 0.25) is 0 Å². The fourth-order valence-electron chi connectivity index (χ4n) is 8.04. The van der Waals surface area contributed by atoms with Crippen molar-refractivity contribution in [3.63, 3.8) is 0 Å². The Morgan fingerprint density at radius 3 is 1.44 bits per heavy atom. The first-order valence-electron chi connectivity index (χ1n) is 24.8. The van der Waals surface area contributed by atoms with Crippen LogP contribution in [-0.4, -0.2) is 79.0 Å². The van der Waals surface area contributed by atoms with Gasteiger partial charge in [0.2, 0.25) is 0 Å². The van der Waals surface area contributed by atoms with E-state index in [9.17, 15) is 18.9 Å². The molecule has 2 saturated heterocycles. The molecule has 0 saturated carbocycles. The number of fused-ring (bicyclic) bond motifs is 1. The molecule has 13 nitrogen and oxygen atoms in total. The quantitative estimate of drug-likeness (QED) is 0.0257. The number of phosphoric acid groups is 2. The highest BCUT2D eigenvalue weighted by molar-refractivity contribution is 7.47. The van der Waals surface area contributed by atoms with Gasteiger partial charge in [0, 0.05) is 25.9 Å². The Kier molecular flexibility index (Phi) is 33.3. The first-order chi connectivity index (χ1) is 30.5. The maximum atomic E-state index is 12.7. The van der Waals surface area contributed by atoms with Crippen LogP contribution < -0.4 is 11.5 Å². The Morgan fingerprint density at radius 1 is 0.571 bits per heavy atom. The van der Waals surface area contributed by atoms with Crippen LogP contribution in [0.1, 0.15) is 188 Å². The van der Waals surface area contributed by atoms with E-state index in [1.807, 2.05) is 0 Å². The second-order valence-electron chi connectivity index (χ2n) is 17.2. The van der Waals surface area contributed by atoms with Crippen LogP contribution in [0.25, 0.3) is 0 Å². The molecule has 6 N–H and O–H groups in total. The highest BCUT2D eigenvalue weighted by Gasteiger charge is 2.59. The average molecular weight is 933 g/mol. The molecule has 2 aliphatic rings. The smallest absolute Gasteiger partial charge is 0.364 e. The number of hydrogen-bond donors (Lipinski definition) is 4. The van der Waals surface area contributed by atoms with Crippen molar-refractivity contribution in [1.82, 2.24) is 0 Å². The van der Waals surface area contributed by atoms with Crippen molar-refractivity contribution in [3.8, 4) is 0 Å². The first kappa shape index (κ1) is 58.1. The van der Waals surface area contributed by atoms with Crippen molar-refractivity contribution in [2.75, 3.05) is 32.9 Å². The number of allylic oxidation sites excluding steroid dienone is 8. The lowest BCUT2D eigenvalue weighted by molar-refractivity contribution is -0.225. The van der Waals surface area contributed by atoms with Crippen LogP contribution in [0.4, 0.5) is 0 Å². The summed E-state index contributed by atoms with van der Waals surface area (Å²) in [7, 11) is -8.90. The lowest BCUT2D eigenvalue weighted by Gasteiger charge is -2.33. The summed E-state index contributed by atoms with van der Waals surface area (Å²) in [5.41, 5.74) is 11.0. The molecular formula is C48H90N2O11P2. The van der Waals surface area contributed by atoms with Crippen molar-refractivity contribution in [3.05, 3.63) is 48.6 Å². The van der Waals surface area contributed by atoms with Gasteiger partial charge in [-0.2, -0.15) is 0 Å². The molecule has 0 aromatic heterocycles. The highest BCUT2D eigenvalue weighted by Crippen LogP contribution is 2.51. The summed E-state index contributed by atoms with van der Waals surface area (Å²) in [5.74, 6) is -0.919. The van der Waals surface area contributed by atoms with E-state index in [1.165, 1.54) is 89.9 Å². The molecule has 0 radical (unpaired) electrons. The van der Waals surface area contributed by atoms with Crippen molar-refractivity contribution in [2.24, 2.45) is 11.5 Å². The predicted molar refractivity (Wildman–Crippen MR) is 255 cm³/mol. The number of rotatable bonds is 42. The maximum Gasteiger partial charge on any atom is 0.472 e. The Bertz CT molecular complexity index is 1300. The molecule has 0 aliphatic carbocycles. The minimum Gasteiger partial charge on any atom is -0.364 e. The summed E-state index contributed by atoms with van der Waals surface area (Å²) in [6, 6.07) is 0. The highest BCUT2D eigenvalue weighted by atomic mass is 31.2. The molecule has 15 heteroatoms. The third-order valence-corrected chi connectivity index (χ3v) is 13.6. The topological polar surface area (TPSA) is 191 Å². The zero-order valence-electron chi connectivity index (χ0n) is 39.5. The Labute approximate surface area is 382 Å². The maximum absolute atomic E-state index is 12.7. The summed E-state index contributed by atoms with van der Waals surface area (Å²) in [6.07, 6.45) is 43.1. The van der Waals surface area contributed by atoms with Gasteiger partial charge in [0.1, 0.15) is 24.4 Å². The van der Waals surface area contributed by atoms with Crippen LogP contribution >= 0.6 is 15.6 Å². The van der Waals surface area contributed by atoms with Crippen molar-refractivity contribution in [2.45, 2.75) is 224 Å². The number of hydrogen-bond acceptors (Lipinski definition) is 11. The standard InChI is InChI=1S/C48H90N2O11P2/c1-4-6-8-10-12-14-16-18-20-22-24-26-28-30-32-34-36-48(37-35-33-31-29-27-25-23-21-19-17-15-13-11-9-7-5-2)59-46-44(42-57-62(51,52)55-40-38-49)58-45(47(46)60-48)43(3)61-63(53,54)56-41-39-50/h12-15,18-21,43-47H,4-11,16-17,22-42,49-50H2,1-3H3,(H,51,52)(H,53,54). The molecule has 2 aliphatic heterocycles. The second kappa shape index (κ2) is 36.1. The van der Waals surface area contributed by atoms with Crippen LogP contribution in [0.5, 0.6) is 0 Å². The molecule has 368 valence electrons. The SMILES string of the molecule is CCCCCC=CCC=CCCCCCCCCC1(CCCCCCCCC=CCC=CCCCCC)OC2C(COP(=O)(O)OCCN)OC(C(C)OP(=O)(O)OCCN)C2O1. The molecule has 2 fully saturated rings. The van der Waals surface area contributed by atoms with Gasteiger partial charge in [-0.25, -0.2) is 9.13 Å². The molecule has 0 aromatic rings. The number of unbranched alkanes of at least 4 members (excludes halogenated alkanes) is 18. The number of ether oxygens (including phenoxy) is 3. The van der Waals surface area contributed by atoms with E-state index in [2.05, 4.69) is 62.5 Å². The molecule has 7 atom stereocenters. The average Bonchev–Trinajstić information content (AvgIpc) is 3.79. The molecule has 0 aromatic carbocycles. The van der Waals surface area contributed by atoms with Gasteiger partial charge in [-0.1, -0.05) is 140 Å². The summed E-state index contributed by atoms with van der Waals surface area (Å²) in [4.78, 5) is 20.7. The van der Waals surface area contributed by atoms with Crippen LogP contribution in [-0.2, 0) is 41.4 Å². The van der Waals surface area contributed by atoms with E-state index in [-0.39, 0.29) is 32.9 Å². The van der Waals surface area contributed by atoms with E-state index in [1.54, 1.807) is 6.92 Å². The normalized spacial score (nSPS) is 24.0. The number of nitrogens with two attached hydrogens (primary N) is 2. The van der Waals surface area contributed by atoms with Gasteiger partial charge >= 0.3 is 15.6 Å². The summed E-state index contributed by atoms with van der Waals surface area (Å²) in [5, 5.41) is 0. The van der Waals surface area contributed by atoms with Crippen molar-refractivity contribution >= 4 is 15.6 Å². The van der Waals surface area contributed by atoms with E-state index in [4.69, 9.17) is 43.8 Å². The Balaban J connectivity index is 1.99. The summed E-state index contributed by atoms with van der Waals surface area (Å²) in [6.45, 7) is 5.52. The van der Waals surface area contributed by atoms with Crippen LogP contribution in [0.3, 0.4) is 0 Å². The third-order valence-electron chi connectivity index (χ3n) is 11.5. The lowest BCUT2D eigenvalue weighted by atomic mass is 9.98. The predicted octanol–water partition coefficient (Wildman–Crippen LogP) is 12.2. The molecule has 2 rings (SSSR count). The van der Waals surface area contributed by atoms with E-state index in [0.29, 0.717) is 12.8 Å². The molecule has 63 heavy (non-hydrogen) atoms. The minimum atomic E-state index is -4.47. The van der Waals surface area contributed by atoms with Gasteiger partial charge < -0.3 is 35.5 Å². The zero-order chi connectivity index (χ0) is 45.9. The second-order valence-corrected chi connectivity index (χ2v) is 20.0. The van der Waals surface area contributed by atoms with Gasteiger partial charge in [-0.3, -0.25) is 18.1 Å². The fourth-order valence-corrected chi connectivity index (χ4v) is 9.72. The van der Waals surface area contributed by atoms with Crippen molar-refractivity contribution in [1.29, 1.82) is 0 Å². The van der Waals surface area contributed by atoms with Gasteiger partial charge in [0.05, 0.1) is 25.9 Å². The summed E-state index contributed by atoms with van der Waals surface area (Å²) < 4.78 is 66.1. The number of phosphoric ester groups is 2. The third kappa shape index (κ3) is 27.4. The molecule has 0 spiro atoms. The van der Waals surface area contributed by atoms with Crippen LogP contribution in [0, 0.1) is 0 Å². The van der Waals surface area contributed by atoms with Gasteiger partial charge in [0.25, 0.3) is 0 Å². The summed E-state index contributed by atoms with van der Waals surface area (Å²) >= 11 is 0. The molecule has 2 heterocycles. The van der Waals surface area contributed by atoms with Crippen molar-refractivity contribution < 1.29 is 51.2 Å². The fraction of sp³-hybridized carbons (Fsp3) is 0.833. The molecule has 0 bridgehead atoms. The monoisotopic (exact) mass is 933 g/mol. The van der Waals surface area contributed by atoms with Gasteiger partial charge in [0.15, 0.2) is 5.79 Å². The van der Waals surface area contributed by atoms with E-state index < -0.39 is 52.0 Å². The van der Waals surface area contributed by atoms with E-state index >= 15 is 0 Å². The zero-order valence-corrected chi connectivity index (χ0v) is 41.3. The molecule has 7 unspecified atom stereocenters. The lowest BCUT2D eigenvalue weighted by Crippen LogP contribution is -2.40. The van der Waals surface area contributed by atoms with Gasteiger partial charge in [-0.05, 0) is 84.0 Å². The van der Waals surface area contributed by atoms with Gasteiger partial charge in [-0.15, -0.1) is 0 Å². The molecule has 0 amide bonds. The molecular weight excluding hydrogens is 842 g/mol.